The summed E-state index contributed by atoms with van der Waals surface area (Å²) in [5.41, 5.74) is 0. The van der Waals surface area contributed by atoms with Gasteiger partial charge in [0.05, 0.1) is 0 Å². The smallest absolute Gasteiger partial charge is 0.321 e. The lowest BCUT2D eigenvalue weighted by atomic mass is 10.2. The van der Waals surface area contributed by atoms with Gasteiger partial charge in [-0.05, 0) is 20.3 Å². The highest BCUT2D eigenvalue weighted by Crippen LogP contribution is 2.05. The zero-order valence-corrected chi connectivity index (χ0v) is 10.9. The van der Waals surface area contributed by atoms with Gasteiger partial charge < -0.3 is 5.11 Å². The molecule has 0 aliphatic carbocycles. The second-order valence-corrected chi connectivity index (χ2v) is 5.67. The molecule has 0 aliphatic heterocycles. The van der Waals surface area contributed by atoms with Crippen LogP contribution < -0.4 is 4.72 Å². The summed E-state index contributed by atoms with van der Waals surface area (Å²) in [6, 6.07) is -1.27. The van der Waals surface area contributed by atoms with Crippen molar-refractivity contribution in [3.63, 3.8) is 0 Å². The molecule has 0 rings (SSSR count). The van der Waals surface area contributed by atoms with Crippen molar-refractivity contribution < 1.29 is 18.3 Å². The molecule has 0 bridgehead atoms. The molecule has 0 radical (unpaired) electrons. The molecule has 0 fully saturated rings. The SMILES string of the molecule is CCCC(NS(=O)(=O)N(C)C(C)C)C(=O)O. The van der Waals surface area contributed by atoms with Crippen LogP contribution in [0.5, 0.6) is 0 Å². The number of hydrogen-bond donors (Lipinski definition) is 2. The highest BCUT2D eigenvalue weighted by molar-refractivity contribution is 7.87. The van der Waals surface area contributed by atoms with Crippen LogP contribution in [0.4, 0.5) is 0 Å². The minimum Gasteiger partial charge on any atom is -0.480 e. The predicted molar refractivity (Wildman–Crippen MR) is 61.3 cm³/mol. The molecule has 1 atom stereocenters. The van der Waals surface area contributed by atoms with Gasteiger partial charge >= 0.3 is 5.97 Å². The van der Waals surface area contributed by atoms with E-state index in [2.05, 4.69) is 4.72 Å². The minimum absolute atomic E-state index is 0.214. The zero-order chi connectivity index (χ0) is 12.9. The Balaban J connectivity index is 4.73. The van der Waals surface area contributed by atoms with Gasteiger partial charge in [-0.2, -0.15) is 17.4 Å². The number of carboxylic acid groups (broad SMARTS) is 1. The molecule has 96 valence electrons. The maximum absolute atomic E-state index is 11.7. The molecule has 0 amide bonds. The van der Waals surface area contributed by atoms with Crippen molar-refractivity contribution in [1.82, 2.24) is 9.03 Å². The monoisotopic (exact) mass is 252 g/mol. The first-order valence-corrected chi connectivity index (χ1v) is 6.64. The number of carboxylic acids is 1. The number of nitrogens with one attached hydrogen (secondary N) is 1. The van der Waals surface area contributed by atoms with Crippen molar-refractivity contribution in [3.05, 3.63) is 0 Å². The summed E-state index contributed by atoms with van der Waals surface area (Å²) >= 11 is 0. The largest absolute Gasteiger partial charge is 0.480 e. The van der Waals surface area contributed by atoms with Crippen molar-refractivity contribution >= 4 is 16.2 Å². The topological polar surface area (TPSA) is 86.7 Å². The number of aliphatic carboxylic acids is 1. The Hall–Kier alpha value is -0.660. The maximum Gasteiger partial charge on any atom is 0.321 e. The quantitative estimate of drug-likeness (QED) is 0.687. The van der Waals surface area contributed by atoms with Gasteiger partial charge in [0.25, 0.3) is 10.2 Å². The second-order valence-electron chi connectivity index (χ2n) is 3.91. The fourth-order valence-corrected chi connectivity index (χ4v) is 2.36. The molecule has 7 heteroatoms. The molecular formula is C9H20N2O4S. The molecule has 16 heavy (non-hydrogen) atoms. The van der Waals surface area contributed by atoms with Crippen LogP contribution in [-0.4, -0.2) is 42.9 Å². The fourth-order valence-electron chi connectivity index (χ4n) is 1.06. The van der Waals surface area contributed by atoms with Crippen LogP contribution in [0, 0.1) is 0 Å². The van der Waals surface area contributed by atoms with Gasteiger partial charge in [-0.15, -0.1) is 0 Å². The Morgan fingerprint density at radius 3 is 2.25 bits per heavy atom. The van der Waals surface area contributed by atoms with Gasteiger partial charge in [-0.1, -0.05) is 13.3 Å². The van der Waals surface area contributed by atoms with Crippen molar-refractivity contribution in [2.45, 2.75) is 45.7 Å². The van der Waals surface area contributed by atoms with E-state index < -0.39 is 22.2 Å². The molecule has 0 aromatic heterocycles. The lowest BCUT2D eigenvalue weighted by molar-refractivity contribution is -0.139. The Kier molecular flexibility index (Phi) is 5.91. The van der Waals surface area contributed by atoms with Gasteiger partial charge in [0, 0.05) is 13.1 Å². The van der Waals surface area contributed by atoms with E-state index >= 15 is 0 Å². The normalized spacial score (nSPS) is 14.4. The van der Waals surface area contributed by atoms with Crippen LogP contribution in [0.25, 0.3) is 0 Å². The Morgan fingerprint density at radius 2 is 1.94 bits per heavy atom. The molecule has 0 aromatic carbocycles. The summed E-state index contributed by atoms with van der Waals surface area (Å²) in [4.78, 5) is 10.8. The lowest BCUT2D eigenvalue weighted by Gasteiger charge is -2.23. The third-order valence-corrected chi connectivity index (χ3v) is 4.04. The summed E-state index contributed by atoms with van der Waals surface area (Å²) in [5.74, 6) is -1.15. The number of rotatable bonds is 7. The lowest BCUT2D eigenvalue weighted by Crippen LogP contribution is -2.48. The average Bonchev–Trinajstić information content (AvgIpc) is 2.15. The van der Waals surface area contributed by atoms with E-state index in [1.807, 2.05) is 0 Å². The van der Waals surface area contributed by atoms with Gasteiger partial charge in [-0.3, -0.25) is 4.79 Å². The van der Waals surface area contributed by atoms with E-state index in [-0.39, 0.29) is 12.5 Å². The van der Waals surface area contributed by atoms with Crippen LogP contribution in [-0.2, 0) is 15.0 Å². The molecule has 0 aromatic rings. The van der Waals surface area contributed by atoms with Crippen LogP contribution in [0.15, 0.2) is 0 Å². The molecular weight excluding hydrogens is 232 g/mol. The zero-order valence-electron chi connectivity index (χ0n) is 10.1. The van der Waals surface area contributed by atoms with E-state index in [4.69, 9.17) is 5.11 Å². The van der Waals surface area contributed by atoms with E-state index in [1.165, 1.54) is 7.05 Å². The Labute approximate surface area is 96.8 Å². The molecule has 1 unspecified atom stereocenters. The summed E-state index contributed by atoms with van der Waals surface area (Å²) in [5, 5.41) is 8.84. The predicted octanol–water partition coefficient (Wildman–Crippen LogP) is 0.414. The molecule has 2 N–H and O–H groups in total. The third-order valence-electron chi connectivity index (χ3n) is 2.27. The summed E-state index contributed by atoms with van der Waals surface area (Å²) in [6.07, 6.45) is 0.880. The van der Waals surface area contributed by atoms with Crippen LogP contribution in [0.1, 0.15) is 33.6 Å². The molecule has 0 saturated carbocycles. The third kappa shape index (κ3) is 4.46. The van der Waals surface area contributed by atoms with Crippen molar-refractivity contribution in [1.29, 1.82) is 0 Å². The van der Waals surface area contributed by atoms with Crippen molar-refractivity contribution in [2.75, 3.05) is 7.05 Å². The molecule has 0 spiro atoms. The van der Waals surface area contributed by atoms with Gasteiger partial charge in [0.2, 0.25) is 0 Å². The van der Waals surface area contributed by atoms with E-state index in [0.29, 0.717) is 6.42 Å². The Morgan fingerprint density at radius 1 is 1.44 bits per heavy atom. The van der Waals surface area contributed by atoms with Crippen molar-refractivity contribution in [3.8, 4) is 0 Å². The summed E-state index contributed by atoms with van der Waals surface area (Å²) in [7, 11) is -2.31. The van der Waals surface area contributed by atoms with Gasteiger partial charge in [-0.25, -0.2) is 0 Å². The minimum atomic E-state index is -3.72. The van der Waals surface area contributed by atoms with Crippen LogP contribution >= 0.6 is 0 Å². The van der Waals surface area contributed by atoms with Gasteiger partial charge in [0.15, 0.2) is 0 Å². The standard InChI is InChI=1S/C9H20N2O4S/c1-5-6-8(9(12)13)10-16(14,15)11(4)7(2)3/h7-8,10H,5-6H2,1-4H3,(H,12,13). The number of carbonyl (C=O) groups is 1. The molecule has 0 saturated heterocycles. The fraction of sp³-hybridized carbons (Fsp3) is 0.889. The summed E-state index contributed by atoms with van der Waals surface area (Å²) < 4.78 is 26.7. The van der Waals surface area contributed by atoms with E-state index in [1.54, 1.807) is 20.8 Å². The van der Waals surface area contributed by atoms with E-state index in [0.717, 1.165) is 4.31 Å². The first-order valence-electron chi connectivity index (χ1n) is 5.20. The highest BCUT2D eigenvalue weighted by atomic mass is 32.2. The first kappa shape index (κ1) is 15.3. The van der Waals surface area contributed by atoms with Crippen molar-refractivity contribution in [2.24, 2.45) is 0 Å². The van der Waals surface area contributed by atoms with Gasteiger partial charge in [0.1, 0.15) is 6.04 Å². The Bertz CT molecular complexity index is 326. The number of hydrogen-bond acceptors (Lipinski definition) is 3. The molecule has 6 nitrogen and oxygen atoms in total. The maximum atomic E-state index is 11.7. The number of nitrogens with zero attached hydrogens (tertiary/aromatic N) is 1. The molecule has 0 aliphatic rings. The van der Waals surface area contributed by atoms with Crippen LogP contribution in [0.3, 0.4) is 0 Å². The average molecular weight is 252 g/mol. The molecule has 0 heterocycles. The second kappa shape index (κ2) is 6.17. The summed E-state index contributed by atoms with van der Waals surface area (Å²) in [6.45, 7) is 5.24. The van der Waals surface area contributed by atoms with E-state index in [9.17, 15) is 13.2 Å². The first-order chi connectivity index (χ1) is 7.22. The van der Waals surface area contributed by atoms with Crippen LogP contribution in [0.2, 0.25) is 0 Å². The highest BCUT2D eigenvalue weighted by Gasteiger charge is 2.27.